The Hall–Kier alpha value is -2.58. The van der Waals surface area contributed by atoms with Crippen LogP contribution in [0.3, 0.4) is 0 Å². The molecule has 1 heterocycles. The van der Waals surface area contributed by atoms with Gasteiger partial charge in [0, 0.05) is 11.4 Å². The Labute approximate surface area is 168 Å². The molecule has 0 saturated carbocycles. The van der Waals surface area contributed by atoms with Crippen molar-refractivity contribution >= 4 is 45.0 Å². The van der Waals surface area contributed by atoms with E-state index in [0.29, 0.717) is 22.0 Å². The highest BCUT2D eigenvalue weighted by Crippen LogP contribution is 2.28. The smallest absolute Gasteiger partial charge is 0.263 e. The van der Waals surface area contributed by atoms with Crippen LogP contribution in [-0.2, 0) is 11.4 Å². The quantitative estimate of drug-likeness (QED) is 0.613. The fourth-order valence-corrected chi connectivity index (χ4v) is 3.51. The highest BCUT2D eigenvalue weighted by atomic mass is 35.5. The van der Waals surface area contributed by atoms with E-state index in [1.165, 1.54) is 11.3 Å². The number of imide groups is 1. The first-order valence-electron chi connectivity index (χ1n) is 8.39. The lowest BCUT2D eigenvalue weighted by Gasteiger charge is -2.10. The predicted octanol–water partition coefficient (Wildman–Crippen LogP) is 4.86. The number of thiazole rings is 1. The Kier molecular flexibility index (Phi) is 6.21. The Balaban J connectivity index is 1.78. The first-order valence-corrected chi connectivity index (χ1v) is 9.58. The molecule has 9 heteroatoms. The van der Waals surface area contributed by atoms with Crippen molar-refractivity contribution in [1.29, 1.82) is 0 Å². The number of benzene rings is 2. The molecule has 0 spiro atoms. The van der Waals surface area contributed by atoms with Crippen molar-refractivity contribution in [2.24, 2.45) is 0 Å². The third-order valence-electron chi connectivity index (χ3n) is 3.76. The summed E-state index contributed by atoms with van der Waals surface area (Å²) < 4.78 is 34.9. The minimum Gasteiger partial charge on any atom is -0.483 e. The van der Waals surface area contributed by atoms with E-state index in [1.807, 2.05) is 11.4 Å². The second-order valence-electron chi connectivity index (χ2n) is 5.87. The largest absolute Gasteiger partial charge is 0.483 e. The van der Waals surface area contributed by atoms with E-state index in [2.05, 4.69) is 4.98 Å². The number of carbonyl (C=O) groups excluding carboxylic acids is 2. The molecule has 0 aliphatic heterocycles. The van der Waals surface area contributed by atoms with Gasteiger partial charge in [0.15, 0.2) is 11.6 Å². The molecule has 28 heavy (non-hydrogen) atoms. The Morgan fingerprint density at radius 1 is 1.25 bits per heavy atom. The third kappa shape index (κ3) is 4.45. The van der Waals surface area contributed by atoms with E-state index in [4.69, 9.17) is 16.3 Å². The zero-order chi connectivity index (χ0) is 20.3. The van der Waals surface area contributed by atoms with Gasteiger partial charge in [-0.05, 0) is 36.8 Å². The van der Waals surface area contributed by atoms with Crippen LogP contribution in [-0.4, -0.2) is 16.8 Å². The number of rotatable bonds is 6. The Bertz CT molecular complexity index is 1060. The number of nitrogens with zero attached hydrogens (tertiary/aromatic N) is 1. The van der Waals surface area contributed by atoms with E-state index in [1.54, 1.807) is 19.1 Å². The molecule has 0 radical (unpaired) electrons. The SMILES string of the molecule is CCCC(=O)NC(=O)c1c(F)ccc(OCc2nc3cc(Cl)ccc3s2)c1F. The first kappa shape index (κ1) is 20.2. The maximum Gasteiger partial charge on any atom is 0.263 e. The van der Waals surface area contributed by atoms with Gasteiger partial charge in [0.2, 0.25) is 5.91 Å². The van der Waals surface area contributed by atoms with Gasteiger partial charge in [0.1, 0.15) is 23.0 Å². The number of carbonyl (C=O) groups is 2. The predicted molar refractivity (Wildman–Crippen MR) is 103 cm³/mol. The van der Waals surface area contributed by atoms with E-state index >= 15 is 0 Å². The maximum atomic E-state index is 14.6. The molecule has 0 fully saturated rings. The van der Waals surface area contributed by atoms with Crippen molar-refractivity contribution < 1.29 is 23.1 Å². The van der Waals surface area contributed by atoms with Gasteiger partial charge >= 0.3 is 0 Å². The van der Waals surface area contributed by atoms with E-state index in [0.717, 1.165) is 16.8 Å². The van der Waals surface area contributed by atoms with Gasteiger partial charge < -0.3 is 4.74 Å². The second-order valence-corrected chi connectivity index (χ2v) is 7.42. The Morgan fingerprint density at radius 2 is 2.04 bits per heavy atom. The lowest BCUT2D eigenvalue weighted by molar-refractivity contribution is -0.120. The number of halogens is 3. The molecule has 1 aromatic heterocycles. The van der Waals surface area contributed by atoms with Crippen LogP contribution in [0.2, 0.25) is 5.02 Å². The third-order valence-corrected chi connectivity index (χ3v) is 5.00. The van der Waals surface area contributed by atoms with Crippen molar-refractivity contribution in [2.75, 3.05) is 0 Å². The highest BCUT2D eigenvalue weighted by Gasteiger charge is 2.23. The number of aromatic nitrogens is 1. The van der Waals surface area contributed by atoms with Crippen molar-refractivity contribution in [3.8, 4) is 5.75 Å². The number of nitrogens with one attached hydrogen (secondary N) is 1. The van der Waals surface area contributed by atoms with E-state index in [9.17, 15) is 18.4 Å². The lowest BCUT2D eigenvalue weighted by Crippen LogP contribution is -2.31. The zero-order valence-corrected chi connectivity index (χ0v) is 16.3. The summed E-state index contributed by atoms with van der Waals surface area (Å²) in [6.07, 6.45) is 0.577. The molecule has 0 atom stereocenters. The van der Waals surface area contributed by atoms with Gasteiger partial charge in [-0.25, -0.2) is 13.8 Å². The molecule has 3 rings (SSSR count). The minimum atomic E-state index is -1.18. The average Bonchev–Trinajstić information content (AvgIpc) is 3.03. The molecule has 0 aliphatic rings. The van der Waals surface area contributed by atoms with Crippen LogP contribution >= 0.6 is 22.9 Å². The highest BCUT2D eigenvalue weighted by molar-refractivity contribution is 7.18. The molecule has 1 N–H and O–H groups in total. The average molecular weight is 425 g/mol. The van der Waals surface area contributed by atoms with E-state index in [-0.39, 0.29) is 18.8 Å². The first-order chi connectivity index (χ1) is 13.4. The fraction of sp³-hybridized carbons (Fsp3) is 0.211. The van der Waals surface area contributed by atoms with Crippen molar-refractivity contribution in [2.45, 2.75) is 26.4 Å². The number of hydrogen-bond acceptors (Lipinski definition) is 5. The molecule has 0 unspecified atom stereocenters. The summed E-state index contributed by atoms with van der Waals surface area (Å²) in [5, 5.41) is 3.07. The van der Waals surface area contributed by atoms with Crippen molar-refractivity contribution in [3.63, 3.8) is 0 Å². The summed E-state index contributed by atoms with van der Waals surface area (Å²) in [6.45, 7) is 1.67. The molecular formula is C19H15ClF2N2O3S. The molecular weight excluding hydrogens is 410 g/mol. The number of hydrogen-bond donors (Lipinski definition) is 1. The van der Waals surface area contributed by atoms with Crippen LogP contribution in [0.4, 0.5) is 8.78 Å². The van der Waals surface area contributed by atoms with Gasteiger partial charge in [-0.15, -0.1) is 11.3 Å². The maximum absolute atomic E-state index is 14.6. The second kappa shape index (κ2) is 8.62. The number of amides is 2. The molecule has 146 valence electrons. The molecule has 0 saturated heterocycles. The number of fused-ring (bicyclic) bond motifs is 1. The topological polar surface area (TPSA) is 68.3 Å². The van der Waals surface area contributed by atoms with Gasteiger partial charge in [-0.2, -0.15) is 0 Å². The van der Waals surface area contributed by atoms with Crippen LogP contribution in [0.25, 0.3) is 10.2 Å². The van der Waals surface area contributed by atoms with Crippen LogP contribution < -0.4 is 10.1 Å². The monoisotopic (exact) mass is 424 g/mol. The summed E-state index contributed by atoms with van der Waals surface area (Å²) in [4.78, 5) is 27.9. The van der Waals surface area contributed by atoms with Crippen LogP contribution in [0.5, 0.6) is 5.75 Å². The normalized spacial score (nSPS) is 10.9. The number of ether oxygens (including phenoxy) is 1. The van der Waals surface area contributed by atoms with Crippen LogP contribution in [0, 0.1) is 11.6 Å². The van der Waals surface area contributed by atoms with Gasteiger partial charge in [0.25, 0.3) is 5.91 Å². The summed E-state index contributed by atoms with van der Waals surface area (Å²) >= 11 is 7.27. The fourth-order valence-electron chi connectivity index (χ4n) is 2.48. The van der Waals surface area contributed by atoms with Gasteiger partial charge in [0.05, 0.1) is 10.2 Å². The van der Waals surface area contributed by atoms with Gasteiger partial charge in [-0.3, -0.25) is 14.9 Å². The van der Waals surface area contributed by atoms with Crippen LogP contribution in [0.1, 0.15) is 35.1 Å². The minimum absolute atomic E-state index is 0.0741. The zero-order valence-electron chi connectivity index (χ0n) is 14.7. The van der Waals surface area contributed by atoms with Gasteiger partial charge in [-0.1, -0.05) is 18.5 Å². The summed E-state index contributed by atoms with van der Waals surface area (Å²) in [7, 11) is 0. The van der Waals surface area contributed by atoms with Crippen molar-refractivity contribution in [1.82, 2.24) is 10.3 Å². The lowest BCUT2D eigenvalue weighted by atomic mass is 10.1. The molecule has 2 amide bonds. The Morgan fingerprint density at radius 3 is 2.79 bits per heavy atom. The molecule has 0 bridgehead atoms. The van der Waals surface area contributed by atoms with Crippen molar-refractivity contribution in [3.05, 3.63) is 57.6 Å². The molecule has 5 nitrogen and oxygen atoms in total. The molecule has 0 aliphatic carbocycles. The van der Waals surface area contributed by atoms with Crippen LogP contribution in [0.15, 0.2) is 30.3 Å². The summed E-state index contributed by atoms with van der Waals surface area (Å²) in [6, 6.07) is 7.24. The molecule has 2 aromatic carbocycles. The summed E-state index contributed by atoms with van der Waals surface area (Å²) in [5.74, 6) is -4.32. The standard InChI is InChI=1S/C19H15ClF2N2O3S/c1-2-3-15(25)24-19(26)17-11(21)5-6-13(18(17)22)27-9-16-23-12-8-10(20)4-7-14(12)28-16/h4-8H,2-3,9H2,1H3,(H,24,25,26). The summed E-state index contributed by atoms with van der Waals surface area (Å²) in [5.41, 5.74) is -0.178. The molecule has 3 aromatic rings. The van der Waals surface area contributed by atoms with E-state index < -0.39 is 29.0 Å².